The van der Waals surface area contributed by atoms with Crippen LogP contribution in [0.25, 0.3) is 0 Å². The summed E-state index contributed by atoms with van der Waals surface area (Å²) in [4.78, 5) is 14.1. The molecule has 3 rings (SSSR count). The minimum Gasteiger partial charge on any atom is -0.486 e. The molecule has 6 heteroatoms. The van der Waals surface area contributed by atoms with Crippen molar-refractivity contribution in [2.24, 2.45) is 5.73 Å². The van der Waals surface area contributed by atoms with Gasteiger partial charge in [-0.05, 0) is 38.4 Å². The van der Waals surface area contributed by atoms with E-state index in [1.165, 1.54) is 0 Å². The SMILES string of the molecule is CC(N)C(=O)NC1CCCN(CC2COc3ccccc3O2)C1. The first-order chi connectivity index (χ1) is 11.1. The van der Waals surface area contributed by atoms with Crippen molar-refractivity contribution in [2.75, 3.05) is 26.2 Å². The Morgan fingerprint density at radius 2 is 2.22 bits per heavy atom. The molecule has 1 aromatic rings. The molecule has 0 bridgehead atoms. The molecule has 1 amide bonds. The molecular formula is C17H25N3O3. The number of hydrogen-bond donors (Lipinski definition) is 2. The average molecular weight is 319 g/mol. The summed E-state index contributed by atoms with van der Waals surface area (Å²) in [5.74, 6) is 1.54. The molecule has 0 aliphatic carbocycles. The molecule has 1 saturated heterocycles. The van der Waals surface area contributed by atoms with Crippen LogP contribution in [0.2, 0.25) is 0 Å². The second kappa shape index (κ2) is 7.19. The average Bonchev–Trinajstić information content (AvgIpc) is 2.55. The largest absolute Gasteiger partial charge is 0.486 e. The summed E-state index contributed by atoms with van der Waals surface area (Å²) >= 11 is 0. The van der Waals surface area contributed by atoms with E-state index in [1.54, 1.807) is 6.92 Å². The highest BCUT2D eigenvalue weighted by molar-refractivity contribution is 5.81. The maximum absolute atomic E-state index is 11.7. The number of benzene rings is 1. The van der Waals surface area contributed by atoms with Gasteiger partial charge in [-0.1, -0.05) is 12.1 Å². The Hall–Kier alpha value is -1.79. The van der Waals surface area contributed by atoms with Gasteiger partial charge in [0.1, 0.15) is 12.7 Å². The zero-order chi connectivity index (χ0) is 16.2. The lowest BCUT2D eigenvalue weighted by Gasteiger charge is -2.36. The summed E-state index contributed by atoms with van der Waals surface area (Å²) in [6.07, 6.45) is 2.08. The summed E-state index contributed by atoms with van der Waals surface area (Å²) in [6.45, 7) is 4.93. The fraction of sp³-hybridized carbons (Fsp3) is 0.588. The number of carbonyl (C=O) groups is 1. The number of likely N-dealkylation sites (tertiary alicyclic amines) is 1. The first kappa shape index (κ1) is 16.1. The van der Waals surface area contributed by atoms with Crippen molar-refractivity contribution < 1.29 is 14.3 Å². The molecule has 0 aromatic heterocycles. The van der Waals surface area contributed by atoms with E-state index in [4.69, 9.17) is 15.2 Å². The Morgan fingerprint density at radius 1 is 1.43 bits per heavy atom. The van der Waals surface area contributed by atoms with E-state index < -0.39 is 6.04 Å². The van der Waals surface area contributed by atoms with Gasteiger partial charge < -0.3 is 20.5 Å². The number of carbonyl (C=O) groups excluding carboxylic acids is 1. The molecule has 3 atom stereocenters. The number of rotatable bonds is 4. The Bertz CT molecular complexity index is 550. The molecule has 2 heterocycles. The number of amides is 1. The van der Waals surface area contributed by atoms with Crippen LogP contribution in [0.1, 0.15) is 19.8 Å². The van der Waals surface area contributed by atoms with Gasteiger partial charge in [-0.15, -0.1) is 0 Å². The van der Waals surface area contributed by atoms with E-state index in [0.717, 1.165) is 44.0 Å². The molecule has 0 radical (unpaired) electrons. The fourth-order valence-electron chi connectivity index (χ4n) is 3.11. The van der Waals surface area contributed by atoms with Gasteiger partial charge in [-0.25, -0.2) is 0 Å². The molecule has 3 unspecified atom stereocenters. The van der Waals surface area contributed by atoms with E-state index >= 15 is 0 Å². The van der Waals surface area contributed by atoms with Crippen LogP contribution in [0.4, 0.5) is 0 Å². The number of para-hydroxylation sites is 2. The van der Waals surface area contributed by atoms with E-state index in [1.807, 2.05) is 24.3 Å². The number of hydrogen-bond acceptors (Lipinski definition) is 5. The lowest BCUT2D eigenvalue weighted by molar-refractivity contribution is -0.123. The summed E-state index contributed by atoms with van der Waals surface area (Å²) in [6, 6.07) is 7.45. The Labute approximate surface area is 136 Å². The highest BCUT2D eigenvalue weighted by Gasteiger charge is 2.27. The predicted octanol–water partition coefficient (Wildman–Crippen LogP) is 0.754. The Balaban J connectivity index is 1.51. The maximum atomic E-state index is 11.7. The number of nitrogens with two attached hydrogens (primary N) is 1. The summed E-state index contributed by atoms with van der Waals surface area (Å²) < 4.78 is 11.8. The first-order valence-electron chi connectivity index (χ1n) is 8.28. The molecular weight excluding hydrogens is 294 g/mol. The van der Waals surface area contributed by atoms with Gasteiger partial charge in [0.15, 0.2) is 11.5 Å². The molecule has 0 saturated carbocycles. The molecule has 2 aliphatic rings. The highest BCUT2D eigenvalue weighted by Crippen LogP contribution is 2.31. The monoisotopic (exact) mass is 319 g/mol. The normalized spacial score (nSPS) is 25.7. The van der Waals surface area contributed by atoms with E-state index in [9.17, 15) is 4.79 Å². The van der Waals surface area contributed by atoms with Crippen LogP contribution in [0.15, 0.2) is 24.3 Å². The Kier molecular flexibility index (Phi) is 5.03. The van der Waals surface area contributed by atoms with Crippen molar-refractivity contribution in [2.45, 2.75) is 38.0 Å². The molecule has 6 nitrogen and oxygen atoms in total. The van der Waals surface area contributed by atoms with Crippen LogP contribution in [-0.2, 0) is 4.79 Å². The van der Waals surface area contributed by atoms with Crippen LogP contribution in [-0.4, -0.2) is 55.2 Å². The fourth-order valence-corrected chi connectivity index (χ4v) is 3.11. The maximum Gasteiger partial charge on any atom is 0.236 e. The van der Waals surface area contributed by atoms with Crippen molar-refractivity contribution in [3.05, 3.63) is 24.3 Å². The van der Waals surface area contributed by atoms with Gasteiger partial charge >= 0.3 is 0 Å². The lowest BCUT2D eigenvalue weighted by atomic mass is 10.0. The molecule has 1 aromatic carbocycles. The van der Waals surface area contributed by atoms with Crippen LogP contribution in [0.3, 0.4) is 0 Å². The smallest absolute Gasteiger partial charge is 0.236 e. The molecule has 126 valence electrons. The number of nitrogens with zero attached hydrogens (tertiary/aromatic N) is 1. The third-order valence-electron chi connectivity index (χ3n) is 4.29. The topological polar surface area (TPSA) is 76.8 Å². The predicted molar refractivity (Wildman–Crippen MR) is 87.6 cm³/mol. The standard InChI is InChI=1S/C17H25N3O3/c1-12(18)17(21)19-13-5-4-8-20(9-13)10-14-11-22-15-6-2-3-7-16(15)23-14/h2-3,6-7,12-14H,4-5,8-11,18H2,1H3,(H,19,21). The van der Waals surface area contributed by atoms with Gasteiger partial charge in [0, 0.05) is 19.1 Å². The van der Waals surface area contributed by atoms with Crippen molar-refractivity contribution in [1.82, 2.24) is 10.2 Å². The number of ether oxygens (including phenoxy) is 2. The quantitative estimate of drug-likeness (QED) is 0.856. The minimum atomic E-state index is -0.461. The van der Waals surface area contributed by atoms with Crippen molar-refractivity contribution in [3.63, 3.8) is 0 Å². The zero-order valence-electron chi connectivity index (χ0n) is 13.5. The number of fused-ring (bicyclic) bond motifs is 1. The molecule has 23 heavy (non-hydrogen) atoms. The van der Waals surface area contributed by atoms with Gasteiger partial charge in [0.25, 0.3) is 0 Å². The van der Waals surface area contributed by atoms with E-state index in [0.29, 0.717) is 6.61 Å². The van der Waals surface area contributed by atoms with Crippen LogP contribution >= 0.6 is 0 Å². The van der Waals surface area contributed by atoms with E-state index in [-0.39, 0.29) is 18.1 Å². The zero-order valence-corrected chi connectivity index (χ0v) is 13.5. The summed E-state index contributed by atoms with van der Waals surface area (Å²) in [5, 5.41) is 3.02. The van der Waals surface area contributed by atoms with Gasteiger partial charge in [-0.2, -0.15) is 0 Å². The molecule has 3 N–H and O–H groups in total. The number of piperidine rings is 1. The molecule has 1 fully saturated rings. The Morgan fingerprint density at radius 3 is 3.00 bits per heavy atom. The minimum absolute atomic E-state index is 0.0211. The third kappa shape index (κ3) is 4.14. The number of nitrogens with one attached hydrogen (secondary N) is 1. The molecule has 0 spiro atoms. The van der Waals surface area contributed by atoms with Gasteiger partial charge in [0.05, 0.1) is 6.04 Å². The van der Waals surface area contributed by atoms with Crippen LogP contribution in [0, 0.1) is 0 Å². The second-order valence-electron chi connectivity index (χ2n) is 6.39. The van der Waals surface area contributed by atoms with Gasteiger partial charge in [-0.3, -0.25) is 9.69 Å². The molecule has 2 aliphatic heterocycles. The van der Waals surface area contributed by atoms with Crippen molar-refractivity contribution in [3.8, 4) is 11.5 Å². The summed E-state index contributed by atoms with van der Waals surface area (Å²) in [7, 11) is 0. The van der Waals surface area contributed by atoms with Crippen LogP contribution < -0.4 is 20.5 Å². The van der Waals surface area contributed by atoms with E-state index in [2.05, 4.69) is 10.2 Å². The van der Waals surface area contributed by atoms with Gasteiger partial charge in [0.2, 0.25) is 5.91 Å². The van der Waals surface area contributed by atoms with Crippen LogP contribution in [0.5, 0.6) is 11.5 Å². The second-order valence-corrected chi connectivity index (χ2v) is 6.39. The highest BCUT2D eigenvalue weighted by atomic mass is 16.6. The third-order valence-corrected chi connectivity index (χ3v) is 4.29. The van der Waals surface area contributed by atoms with Crippen molar-refractivity contribution in [1.29, 1.82) is 0 Å². The lowest BCUT2D eigenvalue weighted by Crippen LogP contribution is -2.53. The summed E-state index contributed by atoms with van der Waals surface area (Å²) in [5.41, 5.74) is 5.62. The first-order valence-corrected chi connectivity index (χ1v) is 8.28. The van der Waals surface area contributed by atoms with Crippen molar-refractivity contribution >= 4 is 5.91 Å².